The van der Waals surface area contributed by atoms with Gasteiger partial charge in [0.05, 0.1) is 0 Å². The van der Waals surface area contributed by atoms with Gasteiger partial charge in [-0.25, -0.2) is 0 Å². The zero-order valence-electron chi connectivity index (χ0n) is 13.0. The SMILES string of the molecule is Cc1ccc(COc2ccc(-c3noc(C4CC4)n3)cc2)cc1. The molecule has 116 valence electrons. The molecule has 0 atom stereocenters. The number of aryl methyl sites for hydroxylation is 1. The van der Waals surface area contributed by atoms with E-state index in [9.17, 15) is 0 Å². The molecule has 2 aromatic carbocycles. The van der Waals surface area contributed by atoms with Crippen LogP contribution in [0.1, 0.15) is 35.8 Å². The van der Waals surface area contributed by atoms with Gasteiger partial charge in [-0.3, -0.25) is 0 Å². The third-order valence-electron chi connectivity index (χ3n) is 4.01. The molecule has 1 aliphatic carbocycles. The second-order valence-corrected chi connectivity index (χ2v) is 6.03. The van der Waals surface area contributed by atoms with E-state index in [2.05, 4.69) is 41.3 Å². The molecule has 1 saturated carbocycles. The maximum atomic E-state index is 5.81. The Bertz CT molecular complexity index is 787. The summed E-state index contributed by atoms with van der Waals surface area (Å²) in [6, 6.07) is 16.2. The van der Waals surface area contributed by atoms with Gasteiger partial charge in [-0.05, 0) is 49.6 Å². The van der Waals surface area contributed by atoms with Crippen LogP contribution in [-0.2, 0) is 6.61 Å². The second-order valence-electron chi connectivity index (χ2n) is 6.03. The van der Waals surface area contributed by atoms with Crippen LogP contribution in [0.2, 0.25) is 0 Å². The topological polar surface area (TPSA) is 48.2 Å². The zero-order chi connectivity index (χ0) is 15.6. The standard InChI is InChI=1S/C19H18N2O2/c1-13-2-4-14(5-3-13)12-22-17-10-8-15(9-11-17)18-20-19(23-21-18)16-6-7-16/h2-5,8-11,16H,6-7,12H2,1H3. The molecule has 0 N–H and O–H groups in total. The Morgan fingerprint density at radius 2 is 1.78 bits per heavy atom. The molecular formula is C19H18N2O2. The highest BCUT2D eigenvalue weighted by Crippen LogP contribution is 2.39. The summed E-state index contributed by atoms with van der Waals surface area (Å²) in [5.41, 5.74) is 3.36. The molecule has 4 heteroatoms. The van der Waals surface area contributed by atoms with Crippen LogP contribution in [0.25, 0.3) is 11.4 Å². The van der Waals surface area contributed by atoms with Crippen molar-refractivity contribution in [2.75, 3.05) is 0 Å². The van der Waals surface area contributed by atoms with E-state index in [-0.39, 0.29) is 0 Å². The summed E-state index contributed by atoms with van der Waals surface area (Å²) in [6.07, 6.45) is 2.32. The Morgan fingerprint density at radius 1 is 1.04 bits per heavy atom. The number of hydrogen-bond donors (Lipinski definition) is 0. The number of ether oxygens (including phenoxy) is 1. The minimum atomic E-state index is 0.480. The Balaban J connectivity index is 1.41. The molecule has 0 bridgehead atoms. The van der Waals surface area contributed by atoms with E-state index in [1.807, 2.05) is 24.3 Å². The van der Waals surface area contributed by atoms with Gasteiger partial charge in [0, 0.05) is 11.5 Å². The third kappa shape index (κ3) is 3.26. The van der Waals surface area contributed by atoms with Crippen molar-refractivity contribution in [3.8, 4) is 17.1 Å². The van der Waals surface area contributed by atoms with Crippen molar-refractivity contribution < 1.29 is 9.26 Å². The number of rotatable bonds is 5. The molecule has 0 radical (unpaired) electrons. The van der Waals surface area contributed by atoms with Crippen molar-refractivity contribution in [3.05, 3.63) is 65.5 Å². The van der Waals surface area contributed by atoms with E-state index < -0.39 is 0 Å². The maximum absolute atomic E-state index is 5.81. The molecule has 0 spiro atoms. The van der Waals surface area contributed by atoms with E-state index in [4.69, 9.17) is 9.26 Å². The van der Waals surface area contributed by atoms with E-state index in [0.29, 0.717) is 18.3 Å². The van der Waals surface area contributed by atoms with Crippen molar-refractivity contribution in [1.82, 2.24) is 10.1 Å². The lowest BCUT2D eigenvalue weighted by atomic mass is 10.2. The first-order valence-electron chi connectivity index (χ1n) is 7.90. The fourth-order valence-electron chi connectivity index (χ4n) is 2.40. The van der Waals surface area contributed by atoms with Crippen molar-refractivity contribution >= 4 is 0 Å². The predicted molar refractivity (Wildman–Crippen MR) is 87.2 cm³/mol. The van der Waals surface area contributed by atoms with E-state index >= 15 is 0 Å². The van der Waals surface area contributed by atoms with Crippen LogP contribution in [-0.4, -0.2) is 10.1 Å². The van der Waals surface area contributed by atoms with Crippen LogP contribution in [0, 0.1) is 6.92 Å². The van der Waals surface area contributed by atoms with E-state index in [1.54, 1.807) is 0 Å². The lowest BCUT2D eigenvalue weighted by molar-refractivity contribution is 0.306. The largest absolute Gasteiger partial charge is 0.489 e. The number of aromatic nitrogens is 2. The van der Waals surface area contributed by atoms with Crippen LogP contribution in [0.4, 0.5) is 0 Å². The van der Waals surface area contributed by atoms with Gasteiger partial charge in [-0.2, -0.15) is 4.98 Å². The van der Waals surface area contributed by atoms with E-state index in [0.717, 1.165) is 35.6 Å². The Morgan fingerprint density at radius 3 is 2.48 bits per heavy atom. The molecule has 3 aromatic rings. The molecule has 0 saturated heterocycles. The minimum Gasteiger partial charge on any atom is -0.489 e. The number of benzene rings is 2. The molecule has 0 unspecified atom stereocenters. The van der Waals surface area contributed by atoms with Gasteiger partial charge >= 0.3 is 0 Å². The van der Waals surface area contributed by atoms with Gasteiger partial charge < -0.3 is 9.26 Å². The molecule has 1 fully saturated rings. The quantitative estimate of drug-likeness (QED) is 0.696. The first-order valence-corrected chi connectivity index (χ1v) is 7.90. The molecule has 0 amide bonds. The lowest BCUT2D eigenvalue weighted by Crippen LogP contribution is -1.95. The summed E-state index contributed by atoms with van der Waals surface area (Å²) in [4.78, 5) is 4.46. The average molecular weight is 306 g/mol. The highest BCUT2D eigenvalue weighted by atomic mass is 16.5. The summed E-state index contributed by atoms with van der Waals surface area (Å²) in [7, 11) is 0. The van der Waals surface area contributed by atoms with Gasteiger partial charge in [0.2, 0.25) is 11.7 Å². The summed E-state index contributed by atoms with van der Waals surface area (Å²) >= 11 is 0. The van der Waals surface area contributed by atoms with Crippen molar-refractivity contribution in [2.24, 2.45) is 0 Å². The Labute approximate surface area is 135 Å². The smallest absolute Gasteiger partial charge is 0.230 e. The van der Waals surface area contributed by atoms with Crippen LogP contribution < -0.4 is 4.74 Å². The minimum absolute atomic E-state index is 0.480. The molecule has 4 nitrogen and oxygen atoms in total. The number of hydrogen-bond acceptors (Lipinski definition) is 4. The Hall–Kier alpha value is -2.62. The first kappa shape index (κ1) is 14.0. The molecule has 1 aliphatic rings. The van der Waals surface area contributed by atoms with Gasteiger partial charge in [-0.1, -0.05) is 35.0 Å². The van der Waals surface area contributed by atoms with Crippen LogP contribution in [0.15, 0.2) is 53.1 Å². The van der Waals surface area contributed by atoms with Crippen LogP contribution >= 0.6 is 0 Å². The van der Waals surface area contributed by atoms with Crippen LogP contribution in [0.3, 0.4) is 0 Å². The van der Waals surface area contributed by atoms with Gasteiger partial charge in [-0.15, -0.1) is 0 Å². The highest BCUT2D eigenvalue weighted by molar-refractivity contribution is 5.55. The Kier molecular flexibility index (Phi) is 3.58. The molecule has 1 aromatic heterocycles. The highest BCUT2D eigenvalue weighted by Gasteiger charge is 2.29. The average Bonchev–Trinajstić information content (AvgIpc) is 3.32. The van der Waals surface area contributed by atoms with Crippen molar-refractivity contribution in [2.45, 2.75) is 32.3 Å². The van der Waals surface area contributed by atoms with Gasteiger partial charge in [0.1, 0.15) is 12.4 Å². The third-order valence-corrected chi connectivity index (χ3v) is 4.01. The molecule has 1 heterocycles. The summed E-state index contributed by atoms with van der Waals surface area (Å²) < 4.78 is 11.1. The summed E-state index contributed by atoms with van der Waals surface area (Å²) in [5, 5.41) is 4.05. The molecular weight excluding hydrogens is 288 g/mol. The molecule has 0 aliphatic heterocycles. The first-order chi connectivity index (χ1) is 11.3. The zero-order valence-corrected chi connectivity index (χ0v) is 13.0. The monoisotopic (exact) mass is 306 g/mol. The predicted octanol–water partition coefficient (Wildman–Crippen LogP) is 4.50. The van der Waals surface area contributed by atoms with Crippen molar-refractivity contribution in [3.63, 3.8) is 0 Å². The second kappa shape index (κ2) is 5.88. The van der Waals surface area contributed by atoms with Gasteiger partial charge in [0.25, 0.3) is 0 Å². The number of nitrogens with zero attached hydrogens (tertiary/aromatic N) is 2. The fraction of sp³-hybridized carbons (Fsp3) is 0.263. The molecule has 4 rings (SSSR count). The fourth-order valence-corrected chi connectivity index (χ4v) is 2.40. The summed E-state index contributed by atoms with van der Waals surface area (Å²) in [6.45, 7) is 2.64. The van der Waals surface area contributed by atoms with E-state index in [1.165, 1.54) is 5.56 Å². The van der Waals surface area contributed by atoms with Crippen molar-refractivity contribution in [1.29, 1.82) is 0 Å². The van der Waals surface area contributed by atoms with Crippen LogP contribution in [0.5, 0.6) is 5.75 Å². The van der Waals surface area contributed by atoms with Gasteiger partial charge in [0.15, 0.2) is 0 Å². The summed E-state index contributed by atoms with van der Waals surface area (Å²) in [5.74, 6) is 2.73. The lowest BCUT2D eigenvalue weighted by Gasteiger charge is -2.07. The molecule has 23 heavy (non-hydrogen) atoms. The normalized spacial score (nSPS) is 14.0. The maximum Gasteiger partial charge on any atom is 0.230 e.